The van der Waals surface area contributed by atoms with Crippen molar-refractivity contribution in [3.8, 4) is 0 Å². The molecule has 4 N–H and O–H groups in total. The van der Waals surface area contributed by atoms with Crippen molar-refractivity contribution in [2.75, 3.05) is 5.32 Å². The topological polar surface area (TPSA) is 101 Å². The van der Waals surface area contributed by atoms with Gasteiger partial charge in [-0.2, -0.15) is 0 Å². The Morgan fingerprint density at radius 1 is 1.60 bits per heavy atom. The highest BCUT2D eigenvalue weighted by molar-refractivity contribution is 5.82. The Balaban J connectivity index is 2.83. The van der Waals surface area contributed by atoms with Crippen LogP contribution in [0.3, 0.4) is 0 Å². The number of carbonyl (C=O) groups is 1. The molecule has 0 aromatic carbocycles. The van der Waals surface area contributed by atoms with Gasteiger partial charge in [0.25, 0.3) is 5.56 Å². The van der Waals surface area contributed by atoms with E-state index in [4.69, 9.17) is 5.73 Å². The standard InChI is InChI=1S/C9H14N4O2/c1-5(2)8(9(10)15)13-6-3-7(14)12-4-11-6/h3-5,8H,1-2H3,(H2,10,15)(H2,11,12,13,14). The maximum atomic E-state index is 11.1. The fraction of sp³-hybridized carbons (Fsp3) is 0.444. The minimum absolute atomic E-state index is 0.0311. The molecule has 0 radical (unpaired) electrons. The first-order chi connectivity index (χ1) is 7.00. The van der Waals surface area contributed by atoms with Crippen LogP contribution in [-0.4, -0.2) is 21.9 Å². The summed E-state index contributed by atoms with van der Waals surface area (Å²) >= 11 is 0. The Kier molecular flexibility index (Phi) is 3.43. The van der Waals surface area contributed by atoms with Crippen LogP contribution in [0.5, 0.6) is 0 Å². The number of nitrogens with zero attached hydrogens (tertiary/aromatic N) is 1. The van der Waals surface area contributed by atoms with Gasteiger partial charge in [-0.1, -0.05) is 13.8 Å². The second-order valence-corrected chi connectivity index (χ2v) is 3.56. The Morgan fingerprint density at radius 2 is 2.27 bits per heavy atom. The molecule has 1 heterocycles. The SMILES string of the molecule is CC(C)C(Nc1cc(=O)[nH]cn1)C(N)=O. The van der Waals surface area contributed by atoms with Crippen LogP contribution in [0.2, 0.25) is 0 Å². The first kappa shape index (κ1) is 11.2. The van der Waals surface area contributed by atoms with E-state index >= 15 is 0 Å². The molecule has 0 aliphatic rings. The van der Waals surface area contributed by atoms with Gasteiger partial charge in [-0.15, -0.1) is 0 Å². The lowest BCUT2D eigenvalue weighted by atomic mass is 10.0. The quantitative estimate of drug-likeness (QED) is 0.634. The van der Waals surface area contributed by atoms with Crippen LogP contribution in [0.25, 0.3) is 0 Å². The Hall–Kier alpha value is -1.85. The summed E-state index contributed by atoms with van der Waals surface area (Å²) in [5.41, 5.74) is 4.93. The molecule has 1 rings (SSSR count). The summed E-state index contributed by atoms with van der Waals surface area (Å²) in [5.74, 6) is -0.0908. The van der Waals surface area contributed by atoms with Crippen LogP contribution in [0.4, 0.5) is 5.82 Å². The highest BCUT2D eigenvalue weighted by Gasteiger charge is 2.19. The van der Waals surface area contributed by atoms with Crippen LogP contribution in [0, 0.1) is 5.92 Å². The van der Waals surface area contributed by atoms with Crippen molar-refractivity contribution in [2.45, 2.75) is 19.9 Å². The molecule has 15 heavy (non-hydrogen) atoms. The predicted molar refractivity (Wildman–Crippen MR) is 56.3 cm³/mol. The van der Waals surface area contributed by atoms with E-state index in [-0.39, 0.29) is 11.5 Å². The van der Waals surface area contributed by atoms with Crippen molar-refractivity contribution in [1.29, 1.82) is 0 Å². The molecule has 0 fully saturated rings. The van der Waals surface area contributed by atoms with E-state index in [1.165, 1.54) is 12.4 Å². The summed E-state index contributed by atoms with van der Waals surface area (Å²) in [6, 6.07) is 0.748. The fourth-order valence-electron chi connectivity index (χ4n) is 1.17. The van der Waals surface area contributed by atoms with Gasteiger partial charge in [-0.25, -0.2) is 4.98 Å². The highest BCUT2D eigenvalue weighted by Crippen LogP contribution is 2.07. The maximum absolute atomic E-state index is 11.1. The first-order valence-corrected chi connectivity index (χ1v) is 4.61. The third kappa shape index (κ3) is 3.08. The second-order valence-electron chi connectivity index (χ2n) is 3.56. The molecule has 1 aromatic heterocycles. The number of aromatic amines is 1. The number of rotatable bonds is 4. The molecule has 1 atom stereocenters. The summed E-state index contributed by atoms with van der Waals surface area (Å²) in [6.45, 7) is 3.71. The van der Waals surface area contributed by atoms with E-state index in [1.807, 2.05) is 13.8 Å². The predicted octanol–water partition coefficient (Wildman–Crippen LogP) is -0.308. The summed E-state index contributed by atoms with van der Waals surface area (Å²) in [4.78, 5) is 28.3. The molecule has 0 saturated heterocycles. The van der Waals surface area contributed by atoms with Crippen molar-refractivity contribution < 1.29 is 4.79 Å². The minimum atomic E-state index is -0.528. The zero-order valence-electron chi connectivity index (χ0n) is 8.65. The Morgan fingerprint density at radius 3 is 2.73 bits per heavy atom. The van der Waals surface area contributed by atoms with Crippen LogP contribution in [0.1, 0.15) is 13.8 Å². The monoisotopic (exact) mass is 210 g/mol. The highest BCUT2D eigenvalue weighted by atomic mass is 16.1. The van der Waals surface area contributed by atoms with Gasteiger partial charge in [-0.3, -0.25) is 9.59 Å². The minimum Gasteiger partial charge on any atom is -0.368 e. The van der Waals surface area contributed by atoms with Gasteiger partial charge in [-0.05, 0) is 5.92 Å². The van der Waals surface area contributed by atoms with Crippen LogP contribution >= 0.6 is 0 Å². The molecule has 1 aromatic rings. The van der Waals surface area contributed by atoms with Gasteiger partial charge in [0.1, 0.15) is 11.9 Å². The molecule has 6 heteroatoms. The number of carbonyl (C=O) groups excluding carboxylic acids is 1. The van der Waals surface area contributed by atoms with Gasteiger partial charge < -0.3 is 16.0 Å². The van der Waals surface area contributed by atoms with Crippen molar-refractivity contribution in [2.24, 2.45) is 11.7 Å². The molecule has 6 nitrogen and oxygen atoms in total. The number of nitrogens with two attached hydrogens (primary N) is 1. The number of hydrogen-bond acceptors (Lipinski definition) is 4. The van der Waals surface area contributed by atoms with E-state index in [0.29, 0.717) is 5.82 Å². The fourth-order valence-corrected chi connectivity index (χ4v) is 1.17. The maximum Gasteiger partial charge on any atom is 0.252 e. The molecular weight excluding hydrogens is 196 g/mol. The number of primary amides is 1. The third-order valence-corrected chi connectivity index (χ3v) is 1.95. The number of nitrogens with one attached hydrogen (secondary N) is 2. The van der Waals surface area contributed by atoms with E-state index in [2.05, 4.69) is 15.3 Å². The average molecular weight is 210 g/mol. The zero-order chi connectivity index (χ0) is 11.4. The van der Waals surface area contributed by atoms with Gasteiger partial charge in [0.05, 0.1) is 6.33 Å². The smallest absolute Gasteiger partial charge is 0.252 e. The molecule has 0 bridgehead atoms. The van der Waals surface area contributed by atoms with E-state index in [9.17, 15) is 9.59 Å². The molecule has 0 saturated carbocycles. The number of aromatic nitrogens is 2. The van der Waals surface area contributed by atoms with Crippen LogP contribution in [-0.2, 0) is 4.79 Å². The van der Waals surface area contributed by atoms with E-state index < -0.39 is 11.9 Å². The molecule has 1 unspecified atom stereocenters. The molecular formula is C9H14N4O2. The first-order valence-electron chi connectivity index (χ1n) is 4.61. The number of hydrogen-bond donors (Lipinski definition) is 3. The molecule has 0 spiro atoms. The van der Waals surface area contributed by atoms with E-state index in [0.717, 1.165) is 0 Å². The number of H-pyrrole nitrogens is 1. The molecule has 0 aliphatic heterocycles. The van der Waals surface area contributed by atoms with Gasteiger partial charge in [0.2, 0.25) is 5.91 Å². The van der Waals surface area contributed by atoms with Crippen molar-refractivity contribution in [1.82, 2.24) is 9.97 Å². The third-order valence-electron chi connectivity index (χ3n) is 1.95. The van der Waals surface area contributed by atoms with Gasteiger partial charge in [0, 0.05) is 6.07 Å². The van der Waals surface area contributed by atoms with Gasteiger partial charge >= 0.3 is 0 Å². The largest absolute Gasteiger partial charge is 0.368 e. The summed E-state index contributed by atoms with van der Waals surface area (Å²) in [7, 11) is 0. The lowest BCUT2D eigenvalue weighted by Gasteiger charge is -2.18. The lowest BCUT2D eigenvalue weighted by Crippen LogP contribution is -2.40. The average Bonchev–Trinajstić information content (AvgIpc) is 2.13. The van der Waals surface area contributed by atoms with Crippen LogP contribution < -0.4 is 16.6 Å². The Bertz CT molecular complexity index is 399. The van der Waals surface area contributed by atoms with Crippen molar-refractivity contribution in [3.05, 3.63) is 22.7 Å². The molecule has 82 valence electrons. The van der Waals surface area contributed by atoms with E-state index in [1.54, 1.807) is 0 Å². The van der Waals surface area contributed by atoms with Crippen molar-refractivity contribution in [3.63, 3.8) is 0 Å². The summed E-state index contributed by atoms with van der Waals surface area (Å²) in [5, 5.41) is 2.81. The summed E-state index contributed by atoms with van der Waals surface area (Å²) < 4.78 is 0. The molecule has 1 amide bonds. The Labute approximate surface area is 86.9 Å². The van der Waals surface area contributed by atoms with Crippen LogP contribution in [0.15, 0.2) is 17.2 Å². The normalized spacial score (nSPS) is 12.5. The zero-order valence-corrected chi connectivity index (χ0v) is 8.65. The molecule has 0 aliphatic carbocycles. The summed E-state index contributed by atoms with van der Waals surface area (Å²) in [6.07, 6.45) is 1.27. The van der Waals surface area contributed by atoms with Crippen molar-refractivity contribution >= 4 is 11.7 Å². The number of anilines is 1. The second kappa shape index (κ2) is 4.59. The number of amides is 1. The van der Waals surface area contributed by atoms with Gasteiger partial charge in [0.15, 0.2) is 0 Å². The lowest BCUT2D eigenvalue weighted by molar-refractivity contribution is -0.119.